The summed E-state index contributed by atoms with van der Waals surface area (Å²) in [6, 6.07) is 8.21. The number of likely N-dealkylation sites (tertiary alicyclic amines) is 1. The molecule has 0 saturated carbocycles. The Bertz CT molecular complexity index is 746. The minimum Gasteiger partial charge on any atom is -0.356 e. The van der Waals surface area contributed by atoms with Crippen LogP contribution in [-0.2, 0) is 11.2 Å². The van der Waals surface area contributed by atoms with Gasteiger partial charge in [0.15, 0.2) is 0 Å². The van der Waals surface area contributed by atoms with Gasteiger partial charge >= 0.3 is 0 Å². The predicted octanol–water partition coefficient (Wildman–Crippen LogP) is 4.17. The van der Waals surface area contributed by atoms with Crippen LogP contribution in [-0.4, -0.2) is 47.1 Å². The zero-order valence-corrected chi connectivity index (χ0v) is 17.8. The summed E-state index contributed by atoms with van der Waals surface area (Å²) in [6.07, 6.45) is 7.16. The van der Waals surface area contributed by atoms with Crippen molar-refractivity contribution in [3.63, 3.8) is 0 Å². The third kappa shape index (κ3) is 6.96. The van der Waals surface area contributed by atoms with Crippen LogP contribution in [0.1, 0.15) is 69.7 Å². The van der Waals surface area contributed by atoms with Gasteiger partial charge in [-0.25, -0.2) is 0 Å². The van der Waals surface area contributed by atoms with E-state index in [9.17, 15) is 4.79 Å². The number of aromatic nitrogens is 2. The molecule has 2 aromatic rings. The van der Waals surface area contributed by atoms with E-state index in [2.05, 4.69) is 46.3 Å². The maximum absolute atomic E-state index is 12.1. The number of nitrogens with zero attached hydrogens (tertiary/aromatic N) is 3. The van der Waals surface area contributed by atoms with Crippen LogP contribution in [0.15, 0.2) is 28.8 Å². The number of carbonyl (C=O) groups is 1. The molecular formula is C23H34N4O2. The highest BCUT2D eigenvalue weighted by molar-refractivity contribution is 5.75. The fraction of sp³-hybridized carbons (Fsp3) is 0.609. The lowest BCUT2D eigenvalue weighted by Gasteiger charge is -2.19. The molecule has 0 bridgehead atoms. The van der Waals surface area contributed by atoms with Gasteiger partial charge in [0.05, 0.1) is 0 Å². The first-order valence-electron chi connectivity index (χ1n) is 11.0. The molecule has 1 aliphatic heterocycles. The van der Waals surface area contributed by atoms with Crippen molar-refractivity contribution in [2.75, 3.05) is 26.2 Å². The summed E-state index contributed by atoms with van der Waals surface area (Å²) in [5.41, 5.74) is 2.22. The molecule has 0 aliphatic carbocycles. The first kappa shape index (κ1) is 21.5. The lowest BCUT2D eigenvalue weighted by molar-refractivity contribution is -0.121. The average Bonchev–Trinajstić information content (AvgIpc) is 3.05. The van der Waals surface area contributed by atoms with E-state index in [1.54, 1.807) is 0 Å². The zero-order valence-electron chi connectivity index (χ0n) is 17.8. The molecule has 6 nitrogen and oxygen atoms in total. The van der Waals surface area contributed by atoms with Gasteiger partial charge in [-0.05, 0) is 50.4 Å². The summed E-state index contributed by atoms with van der Waals surface area (Å²) in [5, 5.41) is 7.06. The van der Waals surface area contributed by atoms with Gasteiger partial charge in [-0.15, -0.1) is 0 Å². The smallest absolute Gasteiger partial charge is 0.227 e. The molecule has 158 valence electrons. The standard InChI is InChI=1S/C23H34N4O2/c1-18(2)19-8-10-20(11-9-19)23-25-22(29-26-23)13-12-21(28)24-14-7-17-27-15-5-3-4-6-16-27/h8-11,18H,3-7,12-17H2,1-2H3,(H,24,28). The third-order valence-corrected chi connectivity index (χ3v) is 5.54. The van der Waals surface area contributed by atoms with E-state index in [1.165, 1.54) is 44.3 Å². The van der Waals surface area contributed by atoms with Gasteiger partial charge in [0.25, 0.3) is 0 Å². The highest BCUT2D eigenvalue weighted by Gasteiger charge is 2.12. The SMILES string of the molecule is CC(C)c1ccc(-c2noc(CCC(=O)NCCCN3CCCCCC3)n2)cc1. The number of carbonyl (C=O) groups excluding carboxylic acids is 1. The van der Waals surface area contributed by atoms with E-state index in [-0.39, 0.29) is 5.91 Å². The van der Waals surface area contributed by atoms with Crippen molar-refractivity contribution >= 4 is 5.91 Å². The van der Waals surface area contributed by atoms with Crippen molar-refractivity contribution in [3.05, 3.63) is 35.7 Å². The molecule has 1 saturated heterocycles. The summed E-state index contributed by atoms with van der Waals surface area (Å²) in [5.74, 6) is 1.62. The van der Waals surface area contributed by atoms with Crippen LogP contribution in [0.3, 0.4) is 0 Å². The number of hydrogen-bond acceptors (Lipinski definition) is 5. The highest BCUT2D eigenvalue weighted by Crippen LogP contribution is 2.20. The molecule has 1 N–H and O–H groups in total. The van der Waals surface area contributed by atoms with E-state index in [0.29, 0.717) is 30.5 Å². The minimum atomic E-state index is 0.0434. The molecule has 1 aliphatic rings. The van der Waals surface area contributed by atoms with E-state index in [1.807, 2.05) is 12.1 Å². The molecular weight excluding hydrogens is 364 g/mol. The summed E-state index contributed by atoms with van der Waals surface area (Å²) < 4.78 is 5.32. The van der Waals surface area contributed by atoms with Gasteiger partial charge in [0, 0.05) is 24.9 Å². The Hall–Kier alpha value is -2.21. The van der Waals surface area contributed by atoms with Crippen LogP contribution in [0.5, 0.6) is 0 Å². The van der Waals surface area contributed by atoms with Crippen LogP contribution in [0.25, 0.3) is 11.4 Å². The number of rotatable bonds is 9. The summed E-state index contributed by atoms with van der Waals surface area (Å²) in [4.78, 5) is 19.0. The molecule has 1 fully saturated rings. The first-order valence-corrected chi connectivity index (χ1v) is 11.0. The Kier molecular flexibility index (Phi) is 8.23. The minimum absolute atomic E-state index is 0.0434. The molecule has 1 amide bonds. The molecule has 1 aromatic carbocycles. The van der Waals surface area contributed by atoms with Crippen molar-refractivity contribution in [3.8, 4) is 11.4 Å². The molecule has 0 unspecified atom stereocenters. The summed E-state index contributed by atoms with van der Waals surface area (Å²) >= 11 is 0. The van der Waals surface area contributed by atoms with E-state index in [4.69, 9.17) is 4.52 Å². The normalized spacial score (nSPS) is 15.4. The number of amides is 1. The Balaban J connectivity index is 1.36. The zero-order chi connectivity index (χ0) is 20.5. The topological polar surface area (TPSA) is 71.3 Å². The van der Waals surface area contributed by atoms with Gasteiger partial charge in [-0.2, -0.15) is 4.98 Å². The molecule has 0 spiro atoms. The van der Waals surface area contributed by atoms with Crippen LogP contribution >= 0.6 is 0 Å². The molecule has 3 rings (SSSR count). The lowest BCUT2D eigenvalue weighted by Crippen LogP contribution is -2.30. The Morgan fingerprint density at radius 3 is 2.55 bits per heavy atom. The fourth-order valence-electron chi connectivity index (χ4n) is 3.69. The van der Waals surface area contributed by atoms with Crippen LogP contribution in [0, 0.1) is 0 Å². The molecule has 0 radical (unpaired) electrons. The second-order valence-electron chi connectivity index (χ2n) is 8.25. The highest BCUT2D eigenvalue weighted by atomic mass is 16.5. The van der Waals surface area contributed by atoms with Gasteiger partial charge in [0.2, 0.25) is 17.6 Å². The molecule has 1 aromatic heterocycles. The Morgan fingerprint density at radius 1 is 1.14 bits per heavy atom. The summed E-state index contributed by atoms with van der Waals surface area (Å²) in [6.45, 7) is 8.54. The second-order valence-corrected chi connectivity index (χ2v) is 8.25. The largest absolute Gasteiger partial charge is 0.356 e. The first-order chi connectivity index (χ1) is 14.1. The number of aryl methyl sites for hydroxylation is 1. The average molecular weight is 399 g/mol. The maximum atomic E-state index is 12.1. The van der Waals surface area contributed by atoms with Crippen LogP contribution < -0.4 is 5.32 Å². The maximum Gasteiger partial charge on any atom is 0.227 e. The monoisotopic (exact) mass is 398 g/mol. The van der Waals surface area contributed by atoms with E-state index in [0.717, 1.165) is 25.1 Å². The molecule has 6 heteroatoms. The Labute approximate surface area is 174 Å². The van der Waals surface area contributed by atoms with Crippen molar-refractivity contribution in [2.45, 2.75) is 64.7 Å². The van der Waals surface area contributed by atoms with Gasteiger partial charge in [-0.3, -0.25) is 4.79 Å². The fourth-order valence-corrected chi connectivity index (χ4v) is 3.69. The lowest BCUT2D eigenvalue weighted by atomic mass is 10.0. The van der Waals surface area contributed by atoms with E-state index < -0.39 is 0 Å². The van der Waals surface area contributed by atoms with Crippen LogP contribution in [0.2, 0.25) is 0 Å². The van der Waals surface area contributed by atoms with Gasteiger partial charge in [0.1, 0.15) is 0 Å². The van der Waals surface area contributed by atoms with Gasteiger partial charge in [-0.1, -0.05) is 56.1 Å². The van der Waals surface area contributed by atoms with E-state index >= 15 is 0 Å². The molecule has 2 heterocycles. The summed E-state index contributed by atoms with van der Waals surface area (Å²) in [7, 11) is 0. The number of benzene rings is 1. The molecule has 29 heavy (non-hydrogen) atoms. The second kappa shape index (κ2) is 11.1. The van der Waals surface area contributed by atoms with Crippen molar-refractivity contribution in [2.24, 2.45) is 0 Å². The quantitative estimate of drug-likeness (QED) is 0.642. The predicted molar refractivity (Wildman–Crippen MR) is 115 cm³/mol. The number of hydrogen-bond donors (Lipinski definition) is 1. The number of nitrogens with one attached hydrogen (secondary N) is 1. The van der Waals surface area contributed by atoms with Crippen molar-refractivity contribution < 1.29 is 9.32 Å². The van der Waals surface area contributed by atoms with Crippen LogP contribution in [0.4, 0.5) is 0 Å². The molecule has 0 atom stereocenters. The van der Waals surface area contributed by atoms with Gasteiger partial charge < -0.3 is 14.7 Å². The third-order valence-electron chi connectivity index (χ3n) is 5.54. The van der Waals surface area contributed by atoms with Crippen molar-refractivity contribution in [1.29, 1.82) is 0 Å². The van der Waals surface area contributed by atoms with Crippen molar-refractivity contribution in [1.82, 2.24) is 20.4 Å². The Morgan fingerprint density at radius 2 is 1.86 bits per heavy atom.